The summed E-state index contributed by atoms with van der Waals surface area (Å²) in [7, 11) is -1.86. The van der Waals surface area contributed by atoms with E-state index in [0.717, 1.165) is 22.3 Å². The van der Waals surface area contributed by atoms with Crippen LogP contribution in [0.25, 0.3) is 11.0 Å². The Morgan fingerprint density at radius 2 is 1.71 bits per heavy atom. The van der Waals surface area contributed by atoms with Crippen LogP contribution in [-0.4, -0.2) is 23.2 Å². The van der Waals surface area contributed by atoms with E-state index in [2.05, 4.69) is 63.1 Å². The van der Waals surface area contributed by atoms with Crippen LogP contribution in [0.1, 0.15) is 54.0 Å². The Kier molecular flexibility index (Phi) is 5.45. The van der Waals surface area contributed by atoms with Gasteiger partial charge in [-0.2, -0.15) is 5.10 Å². The molecule has 2 aromatic rings. The molecule has 0 amide bonds. The first-order valence-corrected chi connectivity index (χ1v) is 11.2. The zero-order valence-corrected chi connectivity index (χ0v) is 17.5. The van der Waals surface area contributed by atoms with Gasteiger partial charge in [0.15, 0.2) is 8.24 Å². The van der Waals surface area contributed by atoms with Gasteiger partial charge in [0.25, 0.3) is 0 Å². The quantitative estimate of drug-likeness (QED) is 0.334. The summed E-state index contributed by atoms with van der Waals surface area (Å²) in [5, 5.41) is 5.48. The fourth-order valence-electron chi connectivity index (χ4n) is 4.64. The number of hydrogen-bond donors (Lipinski definition) is 1. The van der Waals surface area contributed by atoms with Gasteiger partial charge in [-0.25, -0.2) is 4.98 Å². The Labute approximate surface area is 151 Å². The summed E-state index contributed by atoms with van der Waals surface area (Å²) < 4.78 is 2.48. The third-order valence-corrected chi connectivity index (χ3v) is 12.4. The highest BCUT2D eigenvalue weighted by atomic mass is 35.5. The van der Waals surface area contributed by atoms with E-state index in [0.29, 0.717) is 21.6 Å². The smallest absolute Gasteiger partial charge is 0.171 e. The number of nitrogens with zero attached hydrogens (tertiary/aromatic N) is 3. The van der Waals surface area contributed by atoms with E-state index in [1.165, 1.54) is 0 Å². The maximum Gasteiger partial charge on any atom is 0.171 e. The molecule has 0 aliphatic rings. The van der Waals surface area contributed by atoms with Crippen LogP contribution in [-0.2, 0) is 0 Å². The molecule has 0 aliphatic heterocycles. The summed E-state index contributed by atoms with van der Waals surface area (Å²) in [6, 6.07) is 2.12. The summed E-state index contributed by atoms with van der Waals surface area (Å²) in [6.45, 7) is 16.0. The first-order valence-electron chi connectivity index (χ1n) is 8.60. The number of nitrogens with two attached hydrogens (primary N) is 1. The second-order valence-electron chi connectivity index (χ2n) is 7.47. The van der Waals surface area contributed by atoms with Gasteiger partial charge in [-0.3, -0.25) is 0 Å². The van der Waals surface area contributed by atoms with Crippen molar-refractivity contribution in [2.75, 3.05) is 0 Å². The molecule has 4 nitrogen and oxygen atoms in total. The lowest BCUT2D eigenvalue weighted by atomic mass is 10.1. The van der Waals surface area contributed by atoms with Crippen LogP contribution < -0.4 is 5.84 Å². The van der Waals surface area contributed by atoms with Gasteiger partial charge in [-0.05, 0) is 35.8 Å². The maximum atomic E-state index is 6.39. The molecule has 0 aromatic carbocycles. The molecule has 2 aromatic heterocycles. The van der Waals surface area contributed by atoms with Crippen molar-refractivity contribution in [2.24, 2.45) is 10.9 Å². The van der Waals surface area contributed by atoms with Gasteiger partial charge in [0, 0.05) is 17.1 Å². The van der Waals surface area contributed by atoms with Gasteiger partial charge in [-0.1, -0.05) is 53.1 Å². The number of aromatic nitrogens is 2. The molecule has 0 radical (unpaired) electrons. The summed E-state index contributed by atoms with van der Waals surface area (Å²) in [4.78, 5) is 4.70. The number of hydrazone groups is 1. The van der Waals surface area contributed by atoms with Crippen molar-refractivity contribution in [3.8, 4) is 0 Å². The lowest BCUT2D eigenvalue weighted by Gasteiger charge is -2.44. The topological polar surface area (TPSA) is 56.2 Å². The number of halogens is 1. The number of hydrogen-bond acceptors (Lipinski definition) is 3. The van der Waals surface area contributed by atoms with Crippen molar-refractivity contribution in [1.29, 1.82) is 0 Å². The molecule has 0 bridgehead atoms. The third-order valence-electron chi connectivity index (χ3n) is 5.42. The zero-order valence-electron chi connectivity index (χ0n) is 15.8. The fourth-order valence-corrected chi connectivity index (χ4v) is 11.5. The average Bonchev–Trinajstić information content (AvgIpc) is 2.90. The van der Waals surface area contributed by atoms with E-state index in [9.17, 15) is 0 Å². The van der Waals surface area contributed by atoms with Crippen molar-refractivity contribution in [1.82, 2.24) is 9.22 Å². The van der Waals surface area contributed by atoms with E-state index < -0.39 is 8.24 Å². The first-order chi connectivity index (χ1) is 11.2. The monoisotopic (exact) mass is 364 g/mol. The van der Waals surface area contributed by atoms with E-state index in [1.807, 2.05) is 6.92 Å². The molecule has 2 rings (SSSR count). The Morgan fingerprint density at radius 1 is 1.17 bits per heavy atom. The highest BCUT2D eigenvalue weighted by Gasteiger charge is 2.46. The molecule has 0 saturated heterocycles. The van der Waals surface area contributed by atoms with Crippen molar-refractivity contribution in [3.05, 3.63) is 29.0 Å². The molecular formula is C18H29ClN4Si. The van der Waals surface area contributed by atoms with Crippen molar-refractivity contribution >= 4 is 36.6 Å². The lowest BCUT2D eigenvalue weighted by molar-refractivity contribution is 0.770. The zero-order chi connectivity index (χ0) is 18.2. The second kappa shape index (κ2) is 6.88. The molecule has 0 spiro atoms. The standard InChI is InChI=1S/C18H29ClN4Si/c1-11(2)24(12(3)4,13(5)6)23-9-8-15-17(14(7)22-20)16(19)10-21-18(15)23/h8-13H,20H2,1-7H3/b22-14+. The summed E-state index contributed by atoms with van der Waals surface area (Å²) in [5.74, 6) is 5.51. The van der Waals surface area contributed by atoms with E-state index in [1.54, 1.807) is 6.20 Å². The lowest BCUT2D eigenvalue weighted by Crippen LogP contribution is -2.51. The van der Waals surface area contributed by atoms with Crippen LogP contribution in [0.5, 0.6) is 0 Å². The highest BCUT2D eigenvalue weighted by molar-refractivity contribution is 6.82. The number of pyridine rings is 1. The summed E-state index contributed by atoms with van der Waals surface area (Å²) in [6.07, 6.45) is 3.93. The number of rotatable bonds is 5. The molecule has 2 heterocycles. The van der Waals surface area contributed by atoms with Gasteiger partial charge in [0.1, 0.15) is 5.65 Å². The fraction of sp³-hybridized carbons (Fsp3) is 0.556. The first kappa shape index (κ1) is 19.0. The Balaban J connectivity index is 2.88. The van der Waals surface area contributed by atoms with Crippen LogP contribution in [0.15, 0.2) is 23.6 Å². The van der Waals surface area contributed by atoms with E-state index in [-0.39, 0.29) is 0 Å². The van der Waals surface area contributed by atoms with Crippen molar-refractivity contribution in [2.45, 2.75) is 65.1 Å². The van der Waals surface area contributed by atoms with Gasteiger partial charge >= 0.3 is 0 Å². The Morgan fingerprint density at radius 3 is 2.17 bits per heavy atom. The van der Waals surface area contributed by atoms with E-state index in [4.69, 9.17) is 22.4 Å². The largest absolute Gasteiger partial charge is 0.359 e. The number of fused-ring (bicyclic) bond motifs is 1. The predicted molar refractivity (Wildman–Crippen MR) is 108 cm³/mol. The third kappa shape index (κ3) is 2.67. The Bertz CT molecular complexity index is 740. The van der Waals surface area contributed by atoms with Crippen molar-refractivity contribution < 1.29 is 0 Å². The van der Waals surface area contributed by atoms with Crippen LogP contribution in [0.4, 0.5) is 0 Å². The van der Waals surface area contributed by atoms with Crippen LogP contribution in [0.3, 0.4) is 0 Å². The Hall–Kier alpha value is -1.33. The average molecular weight is 365 g/mol. The second-order valence-corrected chi connectivity index (χ2v) is 13.6. The van der Waals surface area contributed by atoms with Gasteiger partial charge in [0.2, 0.25) is 0 Å². The van der Waals surface area contributed by atoms with Gasteiger partial charge in [0.05, 0.1) is 10.7 Å². The SMILES string of the molecule is C/C(=N\N)c1c(Cl)cnc2c1ccn2[Si](C(C)C)(C(C)C)C(C)C. The minimum Gasteiger partial charge on any atom is -0.359 e. The molecule has 132 valence electrons. The van der Waals surface area contributed by atoms with Crippen LogP contribution >= 0.6 is 11.6 Å². The minimum atomic E-state index is -1.86. The molecule has 0 atom stereocenters. The predicted octanol–water partition coefficient (Wildman–Crippen LogP) is 5.40. The molecule has 0 saturated carbocycles. The molecule has 6 heteroatoms. The van der Waals surface area contributed by atoms with Crippen molar-refractivity contribution in [3.63, 3.8) is 0 Å². The summed E-state index contributed by atoms with van der Waals surface area (Å²) in [5.41, 5.74) is 4.41. The van der Waals surface area contributed by atoms with Crippen LogP contribution in [0.2, 0.25) is 21.6 Å². The normalized spacial score (nSPS) is 13.7. The minimum absolute atomic E-state index is 0.595. The molecule has 24 heavy (non-hydrogen) atoms. The summed E-state index contributed by atoms with van der Waals surface area (Å²) >= 11 is 6.39. The molecule has 0 fully saturated rings. The van der Waals surface area contributed by atoms with Crippen LogP contribution in [0, 0.1) is 0 Å². The maximum absolute atomic E-state index is 6.39. The molecular weight excluding hydrogens is 336 g/mol. The highest BCUT2D eigenvalue weighted by Crippen LogP contribution is 2.44. The molecule has 2 N–H and O–H groups in total. The molecule has 0 unspecified atom stereocenters. The van der Waals surface area contributed by atoms with Gasteiger partial charge in [-0.15, -0.1) is 0 Å². The van der Waals surface area contributed by atoms with E-state index >= 15 is 0 Å². The molecule has 0 aliphatic carbocycles. The van der Waals surface area contributed by atoms with Gasteiger partial charge < -0.3 is 10.1 Å².